The van der Waals surface area contributed by atoms with Crippen LogP contribution in [0.5, 0.6) is 0 Å². The lowest BCUT2D eigenvalue weighted by Gasteiger charge is -2.26. The molecule has 0 bridgehead atoms. The second-order valence-electron chi connectivity index (χ2n) is 4.55. The molecule has 1 saturated heterocycles. The van der Waals surface area contributed by atoms with E-state index in [0.29, 0.717) is 4.57 Å². The molecule has 4 N–H and O–H groups in total. The Morgan fingerprint density at radius 2 is 2.20 bits per heavy atom. The van der Waals surface area contributed by atoms with Crippen LogP contribution in [0.1, 0.15) is 6.92 Å². The zero-order valence-corrected chi connectivity index (χ0v) is 10.4. The number of nitriles is 1. The van der Waals surface area contributed by atoms with Gasteiger partial charge in [0, 0.05) is 12.3 Å². The van der Waals surface area contributed by atoms with Gasteiger partial charge in [-0.2, -0.15) is 5.26 Å². The molecule has 0 aromatic carbocycles. The predicted molar refractivity (Wildman–Crippen MR) is 63.5 cm³/mol. The van der Waals surface area contributed by atoms with E-state index in [2.05, 4.69) is 0 Å². The summed E-state index contributed by atoms with van der Waals surface area (Å²) >= 11 is 0. The van der Waals surface area contributed by atoms with Gasteiger partial charge in [-0.15, -0.1) is 0 Å². The van der Waals surface area contributed by atoms with Crippen molar-refractivity contribution >= 4 is 0 Å². The van der Waals surface area contributed by atoms with Crippen molar-refractivity contribution < 1.29 is 20.1 Å². The molecule has 0 radical (unpaired) electrons. The first kappa shape index (κ1) is 14.4. The van der Waals surface area contributed by atoms with Crippen LogP contribution in [0.25, 0.3) is 0 Å². The summed E-state index contributed by atoms with van der Waals surface area (Å²) in [6, 6.07) is 2.59. The van der Waals surface area contributed by atoms with Gasteiger partial charge in [0.05, 0.1) is 6.10 Å². The lowest BCUT2D eigenvalue weighted by atomic mass is 10.0. The fourth-order valence-corrected chi connectivity index (χ4v) is 2.17. The maximum Gasteiger partial charge on any atom is 0.331 e. The topological polar surface area (TPSA) is 149 Å². The van der Waals surface area contributed by atoms with E-state index < -0.39 is 41.4 Å². The molecular weight excluding hydrogens is 270 g/mol. The van der Waals surface area contributed by atoms with Crippen LogP contribution >= 0.6 is 0 Å². The number of hydrogen-bond donors (Lipinski definition) is 4. The van der Waals surface area contributed by atoms with Crippen LogP contribution in [0.2, 0.25) is 0 Å². The van der Waals surface area contributed by atoms with Gasteiger partial charge < -0.3 is 20.1 Å². The molecule has 108 valence electrons. The molecule has 1 aromatic heterocycles. The average Bonchev–Trinajstić information content (AvgIpc) is 2.64. The highest BCUT2D eigenvalue weighted by atomic mass is 16.6. The van der Waals surface area contributed by atoms with Crippen molar-refractivity contribution in [2.24, 2.45) is 0 Å². The van der Waals surface area contributed by atoms with Crippen LogP contribution in [0, 0.1) is 11.3 Å². The molecule has 9 heteroatoms. The zero-order chi connectivity index (χ0) is 15.1. The Morgan fingerprint density at radius 3 is 2.65 bits per heavy atom. The van der Waals surface area contributed by atoms with E-state index >= 15 is 0 Å². The van der Waals surface area contributed by atoms with Crippen LogP contribution in [-0.2, 0) is 10.5 Å². The molecule has 2 rings (SSSR count). The fraction of sp³-hybridized carbons (Fsp3) is 0.545. The predicted octanol–water partition coefficient (Wildman–Crippen LogP) is -2.79. The Kier molecular flexibility index (Phi) is 3.49. The Hall–Kier alpha value is -1.99. The minimum absolute atomic E-state index is 0.671. The second kappa shape index (κ2) is 4.84. The maximum atomic E-state index is 11.7. The van der Waals surface area contributed by atoms with E-state index in [-0.39, 0.29) is 0 Å². The first-order valence-corrected chi connectivity index (χ1v) is 5.79. The first-order chi connectivity index (χ1) is 9.33. The van der Waals surface area contributed by atoms with Crippen molar-refractivity contribution in [3.63, 3.8) is 0 Å². The molecule has 1 aliphatic heterocycles. The summed E-state index contributed by atoms with van der Waals surface area (Å²) in [5.41, 5.74) is -3.88. The fourth-order valence-electron chi connectivity index (χ4n) is 2.17. The van der Waals surface area contributed by atoms with E-state index in [1.807, 2.05) is 4.98 Å². The molecule has 20 heavy (non-hydrogen) atoms. The Labute approximate surface area is 112 Å². The number of rotatable bonds is 2. The summed E-state index contributed by atoms with van der Waals surface area (Å²) in [6.07, 6.45) is -4.77. The highest BCUT2D eigenvalue weighted by Crippen LogP contribution is 2.35. The number of nitrogens with one attached hydrogen (secondary N) is 1. The van der Waals surface area contributed by atoms with Gasteiger partial charge in [0.2, 0.25) is 0 Å². The third-order valence-corrected chi connectivity index (χ3v) is 3.19. The van der Waals surface area contributed by atoms with Gasteiger partial charge in [0.15, 0.2) is 0 Å². The van der Waals surface area contributed by atoms with Crippen LogP contribution < -0.4 is 11.2 Å². The van der Waals surface area contributed by atoms with Gasteiger partial charge in [0.1, 0.15) is 24.4 Å². The smallest absolute Gasteiger partial charge is 0.331 e. The number of aliphatic hydroxyl groups is 3. The zero-order valence-electron chi connectivity index (χ0n) is 10.4. The summed E-state index contributed by atoms with van der Waals surface area (Å²) in [7, 11) is 0. The van der Waals surface area contributed by atoms with E-state index in [1.54, 1.807) is 6.07 Å². The lowest BCUT2D eigenvalue weighted by Crippen LogP contribution is -2.50. The molecule has 9 nitrogen and oxygen atoms in total. The molecule has 2 heterocycles. The van der Waals surface area contributed by atoms with Crippen molar-refractivity contribution in [2.75, 3.05) is 0 Å². The van der Waals surface area contributed by atoms with E-state index in [0.717, 1.165) is 12.3 Å². The average molecular weight is 283 g/mol. The Balaban J connectivity index is 2.59. The highest BCUT2D eigenvalue weighted by molar-refractivity contribution is 5.13. The van der Waals surface area contributed by atoms with Crippen molar-refractivity contribution in [3.8, 4) is 6.07 Å². The largest absolute Gasteiger partial charge is 0.391 e. The first-order valence-electron chi connectivity index (χ1n) is 5.79. The molecule has 1 fully saturated rings. The molecule has 0 aliphatic carbocycles. The number of ether oxygens (including phenoxy) is 1. The van der Waals surface area contributed by atoms with Crippen molar-refractivity contribution in [2.45, 2.75) is 37.1 Å². The summed E-state index contributed by atoms with van der Waals surface area (Å²) < 4.78 is 5.89. The molecule has 0 spiro atoms. The van der Waals surface area contributed by atoms with Gasteiger partial charge >= 0.3 is 5.69 Å². The minimum Gasteiger partial charge on any atom is -0.391 e. The van der Waals surface area contributed by atoms with E-state index in [4.69, 9.17) is 4.74 Å². The standard InChI is InChI=1S/C11H13N3O6/c1-5(15)8-7(17)9(18)11(4-12,20-8)14-3-2-6(16)13-10(14)19/h2-3,5,7-9,15,17-18H,1H3,(H,13,16,19)/t5?,7-,8-,9+,11-/m1/s1. The van der Waals surface area contributed by atoms with Crippen molar-refractivity contribution in [3.05, 3.63) is 33.1 Å². The normalized spacial score (nSPS) is 34.6. The molecule has 5 atom stereocenters. The molecule has 1 aliphatic rings. The minimum atomic E-state index is -2.22. The second-order valence-corrected chi connectivity index (χ2v) is 4.55. The number of H-pyrrole nitrogens is 1. The highest BCUT2D eigenvalue weighted by Gasteiger charge is 2.58. The quantitative estimate of drug-likeness (QED) is 0.458. The van der Waals surface area contributed by atoms with Gasteiger partial charge in [0.25, 0.3) is 11.3 Å². The number of hydrogen-bond acceptors (Lipinski definition) is 7. The van der Waals surface area contributed by atoms with Gasteiger partial charge in [-0.1, -0.05) is 0 Å². The third-order valence-electron chi connectivity index (χ3n) is 3.19. The van der Waals surface area contributed by atoms with Gasteiger partial charge in [-0.05, 0) is 6.92 Å². The molecule has 1 unspecified atom stereocenters. The SMILES string of the molecule is CC(O)[C@H]1O[C@@](C#N)(n2ccc(=O)[nH]c2=O)[C@@H](O)[C@@H]1O. The molecular formula is C11H13N3O6. The monoisotopic (exact) mass is 283 g/mol. The van der Waals surface area contributed by atoms with Crippen molar-refractivity contribution in [1.29, 1.82) is 5.26 Å². The third kappa shape index (κ3) is 1.95. The van der Waals surface area contributed by atoms with E-state index in [1.165, 1.54) is 6.92 Å². The number of aromatic nitrogens is 2. The molecule has 0 saturated carbocycles. The Morgan fingerprint density at radius 1 is 1.55 bits per heavy atom. The number of nitrogens with zero attached hydrogens (tertiary/aromatic N) is 2. The Bertz CT molecular complexity index is 659. The van der Waals surface area contributed by atoms with Crippen molar-refractivity contribution in [1.82, 2.24) is 9.55 Å². The summed E-state index contributed by atoms with van der Waals surface area (Å²) in [5, 5.41) is 38.6. The number of aliphatic hydroxyl groups excluding tert-OH is 3. The van der Waals surface area contributed by atoms with Crippen LogP contribution in [0.3, 0.4) is 0 Å². The lowest BCUT2D eigenvalue weighted by molar-refractivity contribution is -0.124. The molecule has 0 amide bonds. The summed E-state index contributed by atoms with van der Waals surface area (Å²) in [5.74, 6) is 0. The molecule has 1 aromatic rings. The summed E-state index contributed by atoms with van der Waals surface area (Å²) in [6.45, 7) is 1.31. The van der Waals surface area contributed by atoms with Gasteiger partial charge in [-0.25, -0.2) is 4.79 Å². The van der Waals surface area contributed by atoms with Crippen LogP contribution in [0.4, 0.5) is 0 Å². The van der Waals surface area contributed by atoms with E-state index in [9.17, 15) is 30.2 Å². The number of aromatic amines is 1. The van der Waals surface area contributed by atoms with Crippen LogP contribution in [-0.4, -0.2) is 49.3 Å². The van der Waals surface area contributed by atoms with Crippen LogP contribution in [0.15, 0.2) is 21.9 Å². The summed E-state index contributed by atoms with van der Waals surface area (Å²) in [4.78, 5) is 24.7. The van der Waals surface area contributed by atoms with Gasteiger partial charge in [-0.3, -0.25) is 14.3 Å². The maximum absolute atomic E-state index is 11.7.